The van der Waals surface area contributed by atoms with Crippen LogP contribution >= 0.6 is 0 Å². The average molecular weight is 333 g/mol. The van der Waals surface area contributed by atoms with Gasteiger partial charge in [-0.15, -0.1) is 0 Å². The lowest BCUT2D eigenvalue weighted by atomic mass is 9.85. The van der Waals surface area contributed by atoms with Gasteiger partial charge in [0, 0.05) is 25.1 Å². The molecular formula is C15H19N5O2S. The van der Waals surface area contributed by atoms with E-state index in [0.29, 0.717) is 17.3 Å². The minimum atomic E-state index is -3.67. The molecule has 2 heterocycles. The topological polar surface area (TPSA) is 89.8 Å². The molecule has 0 atom stereocenters. The van der Waals surface area contributed by atoms with E-state index in [4.69, 9.17) is 0 Å². The number of sulfonamides is 1. The van der Waals surface area contributed by atoms with E-state index in [1.807, 2.05) is 0 Å². The van der Waals surface area contributed by atoms with Crippen molar-refractivity contribution in [3.05, 3.63) is 30.1 Å². The zero-order valence-corrected chi connectivity index (χ0v) is 13.8. The zero-order valence-electron chi connectivity index (χ0n) is 12.9. The molecule has 122 valence electrons. The van der Waals surface area contributed by atoms with Crippen LogP contribution in [0.3, 0.4) is 0 Å². The van der Waals surface area contributed by atoms with Crippen molar-refractivity contribution in [3.63, 3.8) is 0 Å². The summed E-state index contributed by atoms with van der Waals surface area (Å²) in [6.45, 7) is 0. The number of nitrogens with one attached hydrogen (secondary N) is 1. The molecule has 4 rings (SSSR count). The normalized spacial score (nSPS) is 18.7. The van der Waals surface area contributed by atoms with Crippen molar-refractivity contribution < 1.29 is 8.42 Å². The predicted octanol–water partition coefficient (Wildman–Crippen LogP) is 2.16. The smallest absolute Gasteiger partial charge is 0.265 e. The van der Waals surface area contributed by atoms with E-state index < -0.39 is 10.0 Å². The Hall–Kier alpha value is -1.96. The number of hydrogen-bond donors (Lipinski definition) is 1. The number of rotatable bonds is 5. The van der Waals surface area contributed by atoms with Gasteiger partial charge in [0.25, 0.3) is 10.0 Å². The van der Waals surface area contributed by atoms with E-state index in [2.05, 4.69) is 19.8 Å². The molecule has 2 saturated carbocycles. The Balaban J connectivity index is 1.57. The molecule has 2 fully saturated rings. The Morgan fingerprint density at radius 3 is 2.39 bits per heavy atom. The van der Waals surface area contributed by atoms with E-state index in [1.165, 1.54) is 6.42 Å². The fourth-order valence-electron chi connectivity index (χ4n) is 2.81. The molecule has 2 aliphatic carbocycles. The van der Waals surface area contributed by atoms with Crippen LogP contribution in [0.1, 0.15) is 55.5 Å². The highest BCUT2D eigenvalue weighted by molar-refractivity contribution is 7.92. The average Bonchev–Trinajstić information content (AvgIpc) is 3.21. The van der Waals surface area contributed by atoms with Crippen molar-refractivity contribution in [1.82, 2.24) is 19.7 Å². The van der Waals surface area contributed by atoms with Crippen LogP contribution in [-0.4, -0.2) is 28.2 Å². The van der Waals surface area contributed by atoms with Crippen molar-refractivity contribution in [3.8, 4) is 0 Å². The van der Waals surface area contributed by atoms with E-state index in [-0.39, 0.29) is 10.8 Å². The second-order valence-electron chi connectivity index (χ2n) is 6.39. The summed E-state index contributed by atoms with van der Waals surface area (Å²) in [5.41, 5.74) is 1.05. The lowest BCUT2D eigenvalue weighted by Gasteiger charge is -2.23. The van der Waals surface area contributed by atoms with E-state index in [0.717, 1.165) is 31.5 Å². The standard InChI is InChI=1S/C15H19N5O2S/c1-20-9-13(14(18-20)10-5-6-10)23(21,22)19-12-7-16-15(17-8-12)11-3-2-4-11/h7-11,19H,2-6H2,1H3. The number of nitrogens with zero attached hydrogens (tertiary/aromatic N) is 4. The van der Waals surface area contributed by atoms with Crippen molar-refractivity contribution >= 4 is 15.7 Å². The van der Waals surface area contributed by atoms with Crippen LogP contribution in [0, 0.1) is 0 Å². The first-order valence-corrected chi connectivity index (χ1v) is 9.39. The van der Waals surface area contributed by atoms with Crippen LogP contribution in [0.4, 0.5) is 5.69 Å². The third kappa shape index (κ3) is 2.83. The van der Waals surface area contributed by atoms with Crippen molar-refractivity contribution in [2.24, 2.45) is 7.05 Å². The number of aryl methyl sites for hydroxylation is 1. The molecule has 1 N–H and O–H groups in total. The molecule has 0 unspecified atom stereocenters. The summed E-state index contributed by atoms with van der Waals surface area (Å²) in [5, 5.41) is 4.30. The highest BCUT2D eigenvalue weighted by Gasteiger charge is 2.33. The third-order valence-electron chi connectivity index (χ3n) is 4.47. The molecule has 0 aliphatic heterocycles. The van der Waals surface area contributed by atoms with Crippen LogP contribution < -0.4 is 4.72 Å². The van der Waals surface area contributed by atoms with Gasteiger partial charge in [0.1, 0.15) is 10.7 Å². The van der Waals surface area contributed by atoms with E-state index in [9.17, 15) is 8.42 Å². The maximum Gasteiger partial charge on any atom is 0.265 e. The molecule has 8 heteroatoms. The van der Waals surface area contributed by atoms with E-state index >= 15 is 0 Å². The highest BCUT2D eigenvalue weighted by atomic mass is 32.2. The van der Waals surface area contributed by atoms with Gasteiger partial charge in [0.05, 0.1) is 23.8 Å². The summed E-state index contributed by atoms with van der Waals surface area (Å²) in [5.74, 6) is 1.50. The third-order valence-corrected chi connectivity index (χ3v) is 5.87. The van der Waals surface area contributed by atoms with Crippen LogP contribution in [-0.2, 0) is 17.1 Å². The van der Waals surface area contributed by atoms with Gasteiger partial charge in [-0.3, -0.25) is 9.40 Å². The van der Waals surface area contributed by atoms with Gasteiger partial charge >= 0.3 is 0 Å². The van der Waals surface area contributed by atoms with Crippen molar-refractivity contribution in [2.45, 2.75) is 48.8 Å². The first-order valence-electron chi connectivity index (χ1n) is 7.91. The Labute approximate surface area is 135 Å². The van der Waals surface area contributed by atoms with Gasteiger partial charge in [-0.25, -0.2) is 18.4 Å². The number of hydrogen-bond acceptors (Lipinski definition) is 5. The van der Waals surface area contributed by atoms with Crippen LogP contribution in [0.5, 0.6) is 0 Å². The lowest BCUT2D eigenvalue weighted by molar-refractivity contribution is 0.401. The molecular weight excluding hydrogens is 314 g/mol. The molecule has 2 aromatic heterocycles. The molecule has 0 amide bonds. The van der Waals surface area contributed by atoms with Crippen LogP contribution in [0.2, 0.25) is 0 Å². The summed E-state index contributed by atoms with van der Waals surface area (Å²) >= 11 is 0. The minimum absolute atomic E-state index is 0.255. The van der Waals surface area contributed by atoms with Gasteiger partial charge < -0.3 is 0 Å². The van der Waals surface area contributed by atoms with Gasteiger partial charge in [0.2, 0.25) is 0 Å². The second kappa shape index (κ2) is 5.30. The first-order chi connectivity index (χ1) is 11.0. The van der Waals surface area contributed by atoms with E-state index in [1.54, 1.807) is 30.3 Å². The van der Waals surface area contributed by atoms with Gasteiger partial charge in [-0.05, 0) is 25.7 Å². The molecule has 0 spiro atoms. The molecule has 0 bridgehead atoms. The summed E-state index contributed by atoms with van der Waals surface area (Å²) in [4.78, 5) is 8.84. The Morgan fingerprint density at radius 1 is 1.13 bits per heavy atom. The fraction of sp³-hybridized carbons (Fsp3) is 0.533. The number of anilines is 1. The largest absolute Gasteiger partial charge is 0.276 e. The summed E-state index contributed by atoms with van der Waals surface area (Å²) in [6, 6.07) is 0. The quantitative estimate of drug-likeness (QED) is 0.905. The second-order valence-corrected chi connectivity index (χ2v) is 8.04. The molecule has 2 aromatic rings. The molecule has 0 aromatic carbocycles. The Kier molecular flexibility index (Phi) is 3.37. The molecule has 0 radical (unpaired) electrons. The molecule has 0 saturated heterocycles. The summed E-state index contributed by atoms with van der Waals surface area (Å²) in [6.07, 6.45) is 10.1. The summed E-state index contributed by atoms with van der Waals surface area (Å²) in [7, 11) is -1.93. The fourth-order valence-corrected chi connectivity index (χ4v) is 4.11. The van der Waals surface area contributed by atoms with Gasteiger partial charge in [-0.1, -0.05) is 6.42 Å². The minimum Gasteiger partial charge on any atom is -0.276 e. The molecule has 2 aliphatic rings. The summed E-state index contributed by atoms with van der Waals surface area (Å²) < 4.78 is 29.4. The van der Waals surface area contributed by atoms with Crippen molar-refractivity contribution in [2.75, 3.05) is 4.72 Å². The predicted molar refractivity (Wildman–Crippen MR) is 84.6 cm³/mol. The van der Waals surface area contributed by atoms with Gasteiger partial charge in [0.15, 0.2) is 0 Å². The highest BCUT2D eigenvalue weighted by Crippen LogP contribution is 2.42. The Morgan fingerprint density at radius 2 is 1.83 bits per heavy atom. The maximum absolute atomic E-state index is 12.6. The lowest BCUT2D eigenvalue weighted by Crippen LogP contribution is -2.16. The molecule has 23 heavy (non-hydrogen) atoms. The Bertz CT molecular complexity index is 820. The van der Waals surface area contributed by atoms with Crippen LogP contribution in [0.15, 0.2) is 23.5 Å². The van der Waals surface area contributed by atoms with Gasteiger partial charge in [-0.2, -0.15) is 5.10 Å². The van der Waals surface area contributed by atoms with Crippen molar-refractivity contribution in [1.29, 1.82) is 0 Å². The SMILES string of the molecule is Cn1cc(S(=O)(=O)Nc2cnc(C3CCC3)nc2)c(C2CC2)n1. The zero-order chi connectivity index (χ0) is 16.0. The molecule has 7 nitrogen and oxygen atoms in total. The van der Waals surface area contributed by atoms with Crippen LogP contribution in [0.25, 0.3) is 0 Å². The maximum atomic E-state index is 12.6. The monoisotopic (exact) mass is 333 g/mol. The first kappa shape index (κ1) is 14.6. The number of aromatic nitrogens is 4.